The maximum absolute atomic E-state index is 13.4. The predicted molar refractivity (Wildman–Crippen MR) is 135 cm³/mol. The van der Waals surface area contributed by atoms with Crippen LogP contribution < -0.4 is 20.3 Å². The fourth-order valence-corrected chi connectivity index (χ4v) is 4.84. The van der Waals surface area contributed by atoms with E-state index in [0.717, 1.165) is 4.31 Å². The third kappa shape index (κ3) is 5.75. The summed E-state index contributed by atoms with van der Waals surface area (Å²) in [6.45, 7) is 3.64. The van der Waals surface area contributed by atoms with Crippen LogP contribution in [0.5, 0.6) is 0 Å². The minimum absolute atomic E-state index is 0.00106. The van der Waals surface area contributed by atoms with E-state index in [1.165, 1.54) is 37.4 Å². The van der Waals surface area contributed by atoms with Gasteiger partial charge in [-0.25, -0.2) is 13.2 Å². The molecule has 34 heavy (non-hydrogen) atoms. The first-order chi connectivity index (χ1) is 16.3. The number of carbonyl (C=O) groups excluding carboxylic acids is 2. The Morgan fingerprint density at radius 2 is 1.62 bits per heavy atom. The maximum Gasteiger partial charge on any atom is 0.318 e. The minimum Gasteiger partial charge on any atom is -0.341 e. The number of benzene rings is 3. The van der Waals surface area contributed by atoms with E-state index < -0.39 is 15.9 Å². The van der Waals surface area contributed by atoms with Crippen LogP contribution in [0.15, 0.2) is 90.3 Å². The van der Waals surface area contributed by atoms with Gasteiger partial charge in [-0.05, 0) is 54.6 Å². The molecule has 0 aliphatic heterocycles. The zero-order valence-electron chi connectivity index (χ0n) is 18.3. The average Bonchev–Trinajstić information content (AvgIpc) is 2.84. The second kappa shape index (κ2) is 10.9. The van der Waals surface area contributed by atoms with Gasteiger partial charge in [0.1, 0.15) is 0 Å². The molecule has 0 spiro atoms. The first-order valence-electron chi connectivity index (χ1n) is 10.1. The van der Waals surface area contributed by atoms with Crippen LogP contribution in [-0.2, 0) is 10.0 Å². The Labute approximate surface area is 203 Å². The molecule has 0 aliphatic carbocycles. The third-order valence-corrected chi connectivity index (χ3v) is 6.82. The summed E-state index contributed by atoms with van der Waals surface area (Å²) in [5.41, 5.74) is 1.49. The quantitative estimate of drug-likeness (QED) is 0.390. The SMILES string of the molecule is C=CCN(c1ccccc1Cl)S(=O)(=O)c1cccc(C(=O)Nc2ccc(NC(=O)NC)cc2)c1. The Kier molecular flexibility index (Phi) is 7.93. The van der Waals surface area contributed by atoms with Crippen molar-refractivity contribution in [2.75, 3.05) is 28.5 Å². The minimum atomic E-state index is -4.04. The Bertz CT molecular complexity index is 1310. The van der Waals surface area contributed by atoms with Crippen LogP contribution in [0, 0.1) is 0 Å². The molecule has 0 aromatic heterocycles. The van der Waals surface area contributed by atoms with E-state index in [9.17, 15) is 18.0 Å². The molecule has 0 bridgehead atoms. The smallest absolute Gasteiger partial charge is 0.318 e. The van der Waals surface area contributed by atoms with Crippen molar-refractivity contribution in [1.82, 2.24) is 5.32 Å². The van der Waals surface area contributed by atoms with Crippen LogP contribution in [-0.4, -0.2) is 33.9 Å². The molecule has 0 heterocycles. The Morgan fingerprint density at radius 1 is 0.971 bits per heavy atom. The molecule has 3 aromatic carbocycles. The summed E-state index contributed by atoms with van der Waals surface area (Å²) in [7, 11) is -2.53. The molecule has 10 heteroatoms. The fraction of sp³-hybridized carbons (Fsp3) is 0.0833. The topological polar surface area (TPSA) is 108 Å². The van der Waals surface area contributed by atoms with E-state index in [4.69, 9.17) is 11.6 Å². The van der Waals surface area contributed by atoms with E-state index in [0.29, 0.717) is 17.1 Å². The van der Waals surface area contributed by atoms with Gasteiger partial charge < -0.3 is 16.0 Å². The summed E-state index contributed by atoms with van der Waals surface area (Å²) >= 11 is 6.24. The molecule has 0 saturated carbocycles. The van der Waals surface area contributed by atoms with Crippen molar-refractivity contribution in [2.24, 2.45) is 0 Å². The van der Waals surface area contributed by atoms with Gasteiger partial charge in [0.25, 0.3) is 15.9 Å². The molecule has 3 amide bonds. The van der Waals surface area contributed by atoms with Crippen molar-refractivity contribution >= 4 is 50.6 Å². The zero-order chi connectivity index (χ0) is 24.7. The van der Waals surface area contributed by atoms with Crippen molar-refractivity contribution in [2.45, 2.75) is 4.90 Å². The van der Waals surface area contributed by atoms with Gasteiger partial charge in [-0.15, -0.1) is 6.58 Å². The third-order valence-electron chi connectivity index (χ3n) is 4.73. The molecule has 0 saturated heterocycles. The summed E-state index contributed by atoms with van der Waals surface area (Å²) in [6, 6.07) is 18.5. The maximum atomic E-state index is 13.4. The number of nitrogens with zero attached hydrogens (tertiary/aromatic N) is 1. The van der Waals surface area contributed by atoms with Gasteiger partial charge >= 0.3 is 6.03 Å². The van der Waals surface area contributed by atoms with Gasteiger partial charge in [0, 0.05) is 24.0 Å². The summed E-state index contributed by atoms with van der Waals surface area (Å²) < 4.78 is 27.9. The molecule has 0 radical (unpaired) electrons. The van der Waals surface area contributed by atoms with E-state index >= 15 is 0 Å². The summed E-state index contributed by atoms with van der Waals surface area (Å²) in [5, 5.41) is 8.05. The molecule has 0 atom stereocenters. The Hall–Kier alpha value is -3.82. The molecule has 3 rings (SSSR count). The lowest BCUT2D eigenvalue weighted by atomic mass is 10.2. The standard InChI is InChI=1S/C24H23ClN4O4S/c1-3-15-29(22-10-5-4-9-21(22)25)34(32,33)20-8-6-7-17(16-20)23(30)27-18-11-13-19(14-12-18)28-24(31)26-2/h3-14,16H,1,15H2,2H3,(H,27,30)(H2,26,28,31). The Morgan fingerprint density at radius 3 is 2.24 bits per heavy atom. The highest BCUT2D eigenvalue weighted by molar-refractivity contribution is 7.92. The zero-order valence-corrected chi connectivity index (χ0v) is 19.9. The van der Waals surface area contributed by atoms with Crippen molar-refractivity contribution in [1.29, 1.82) is 0 Å². The van der Waals surface area contributed by atoms with Crippen molar-refractivity contribution < 1.29 is 18.0 Å². The lowest BCUT2D eigenvalue weighted by Crippen LogP contribution is -2.31. The second-order valence-electron chi connectivity index (χ2n) is 7.04. The number of halogens is 1. The van der Waals surface area contributed by atoms with Crippen molar-refractivity contribution in [3.63, 3.8) is 0 Å². The van der Waals surface area contributed by atoms with Crippen LogP contribution >= 0.6 is 11.6 Å². The molecule has 0 unspecified atom stereocenters. The molecule has 0 aliphatic rings. The number of nitrogens with one attached hydrogen (secondary N) is 3. The summed E-state index contributed by atoms with van der Waals surface area (Å²) in [5.74, 6) is -0.489. The van der Waals surface area contributed by atoms with Crippen LogP contribution in [0.1, 0.15) is 10.4 Å². The van der Waals surface area contributed by atoms with Gasteiger partial charge in [-0.1, -0.05) is 35.9 Å². The van der Waals surface area contributed by atoms with Crippen LogP contribution in [0.4, 0.5) is 21.9 Å². The first kappa shape index (κ1) is 24.8. The highest BCUT2D eigenvalue weighted by Gasteiger charge is 2.26. The van der Waals surface area contributed by atoms with E-state index in [-0.39, 0.29) is 28.1 Å². The molecule has 3 N–H and O–H groups in total. The molecular formula is C24H23ClN4O4S. The molecule has 0 fully saturated rings. The van der Waals surface area contributed by atoms with E-state index in [1.807, 2.05) is 0 Å². The number of urea groups is 1. The largest absolute Gasteiger partial charge is 0.341 e. The lowest BCUT2D eigenvalue weighted by molar-refractivity contribution is 0.102. The monoisotopic (exact) mass is 498 g/mol. The number of sulfonamides is 1. The van der Waals surface area contributed by atoms with Gasteiger partial charge in [-0.2, -0.15) is 0 Å². The van der Waals surface area contributed by atoms with Crippen LogP contribution in [0.3, 0.4) is 0 Å². The van der Waals surface area contributed by atoms with Gasteiger partial charge in [0.05, 0.1) is 22.2 Å². The number of anilines is 3. The lowest BCUT2D eigenvalue weighted by Gasteiger charge is -2.24. The second-order valence-corrected chi connectivity index (χ2v) is 9.31. The fourth-order valence-electron chi connectivity index (χ4n) is 3.06. The molecule has 3 aromatic rings. The Balaban J connectivity index is 1.84. The van der Waals surface area contributed by atoms with E-state index in [1.54, 1.807) is 48.5 Å². The first-order valence-corrected chi connectivity index (χ1v) is 12.0. The van der Waals surface area contributed by atoms with Crippen LogP contribution in [0.25, 0.3) is 0 Å². The van der Waals surface area contributed by atoms with Crippen molar-refractivity contribution in [3.05, 3.63) is 96.0 Å². The highest BCUT2D eigenvalue weighted by Crippen LogP contribution is 2.30. The van der Waals surface area contributed by atoms with Gasteiger partial charge in [0.2, 0.25) is 0 Å². The summed E-state index contributed by atoms with van der Waals surface area (Å²) in [6.07, 6.45) is 1.46. The van der Waals surface area contributed by atoms with Gasteiger partial charge in [-0.3, -0.25) is 9.10 Å². The number of hydrogen-bond donors (Lipinski definition) is 3. The number of amides is 3. The predicted octanol–water partition coefficient (Wildman–Crippen LogP) is 4.72. The highest BCUT2D eigenvalue weighted by atomic mass is 35.5. The van der Waals surface area contributed by atoms with E-state index in [2.05, 4.69) is 22.5 Å². The normalized spacial score (nSPS) is 10.8. The average molecular weight is 499 g/mol. The van der Waals surface area contributed by atoms with Gasteiger partial charge in [0.15, 0.2) is 0 Å². The summed E-state index contributed by atoms with van der Waals surface area (Å²) in [4.78, 5) is 24.1. The van der Waals surface area contributed by atoms with Crippen LogP contribution in [0.2, 0.25) is 5.02 Å². The molecule has 176 valence electrons. The number of hydrogen-bond acceptors (Lipinski definition) is 4. The van der Waals surface area contributed by atoms with Crippen molar-refractivity contribution in [3.8, 4) is 0 Å². The molecular weight excluding hydrogens is 476 g/mol. The number of rotatable bonds is 8. The number of para-hydroxylation sites is 1. The number of carbonyl (C=O) groups is 2. The molecule has 8 nitrogen and oxygen atoms in total.